The van der Waals surface area contributed by atoms with Crippen molar-refractivity contribution >= 4 is 23.4 Å². The fourth-order valence-electron chi connectivity index (χ4n) is 1.82. The number of nitrogens with zero attached hydrogens (tertiary/aromatic N) is 1. The zero-order chi connectivity index (χ0) is 13.4. The van der Waals surface area contributed by atoms with Crippen molar-refractivity contribution in [3.05, 3.63) is 29.8 Å². The highest BCUT2D eigenvalue weighted by Gasteiger charge is 2.10. The van der Waals surface area contributed by atoms with Crippen LogP contribution in [0.15, 0.2) is 24.3 Å². The molecule has 0 radical (unpaired) electrons. The van der Waals surface area contributed by atoms with Crippen molar-refractivity contribution in [1.82, 2.24) is 0 Å². The predicted octanol–water partition coefficient (Wildman–Crippen LogP) is 3.03. The maximum Gasteiger partial charge on any atom is 0.305 e. The number of carbonyl (C=O) groups is 1. The number of aliphatic carboxylic acids is 1. The first-order chi connectivity index (χ1) is 8.65. The quantitative estimate of drug-likeness (QED) is 0.735. The van der Waals surface area contributed by atoms with Gasteiger partial charge < -0.3 is 10.0 Å². The second kappa shape index (κ2) is 8.03. The summed E-state index contributed by atoms with van der Waals surface area (Å²) in [5.74, 6) is 1.39. The molecule has 0 amide bonds. The lowest BCUT2D eigenvalue weighted by Crippen LogP contribution is -2.29. The molecule has 0 aliphatic carbocycles. The molecule has 1 aromatic carbocycles. The van der Waals surface area contributed by atoms with E-state index in [-0.39, 0.29) is 6.42 Å². The molecule has 0 saturated heterocycles. The number of anilines is 1. The first kappa shape index (κ1) is 14.9. The van der Waals surface area contributed by atoms with Gasteiger partial charge in [0, 0.05) is 24.5 Å². The van der Waals surface area contributed by atoms with Gasteiger partial charge in [-0.05, 0) is 24.3 Å². The average Bonchev–Trinajstić information content (AvgIpc) is 2.34. The maximum absolute atomic E-state index is 10.7. The van der Waals surface area contributed by atoms with Crippen LogP contribution in [0.4, 0.5) is 5.69 Å². The van der Waals surface area contributed by atoms with Gasteiger partial charge in [-0.1, -0.05) is 25.1 Å². The zero-order valence-corrected chi connectivity index (χ0v) is 11.9. The summed E-state index contributed by atoms with van der Waals surface area (Å²) in [5.41, 5.74) is 2.35. The van der Waals surface area contributed by atoms with E-state index in [1.807, 2.05) is 23.9 Å². The maximum atomic E-state index is 10.7. The highest BCUT2D eigenvalue weighted by Crippen LogP contribution is 2.20. The van der Waals surface area contributed by atoms with Crippen molar-refractivity contribution in [2.24, 2.45) is 0 Å². The van der Waals surface area contributed by atoms with E-state index < -0.39 is 5.97 Å². The molecule has 0 fully saturated rings. The molecule has 1 aromatic rings. The second-order valence-corrected chi connectivity index (χ2v) is 5.51. The molecule has 0 spiro atoms. The van der Waals surface area contributed by atoms with Crippen LogP contribution in [0, 0.1) is 6.92 Å². The van der Waals surface area contributed by atoms with Gasteiger partial charge in [0.05, 0.1) is 6.42 Å². The molecule has 4 heteroatoms. The van der Waals surface area contributed by atoms with E-state index in [2.05, 4.69) is 30.9 Å². The first-order valence-electron chi connectivity index (χ1n) is 6.25. The Balaban J connectivity index is 2.69. The first-order valence-corrected chi connectivity index (χ1v) is 7.40. The number of aryl methyl sites for hydroxylation is 1. The summed E-state index contributed by atoms with van der Waals surface area (Å²) in [7, 11) is 0. The summed E-state index contributed by atoms with van der Waals surface area (Å²) >= 11 is 1.88. The minimum absolute atomic E-state index is 0.186. The van der Waals surface area contributed by atoms with Crippen LogP contribution in [0.2, 0.25) is 0 Å². The molecule has 0 aromatic heterocycles. The Kier molecular flexibility index (Phi) is 6.65. The van der Waals surface area contributed by atoms with Crippen molar-refractivity contribution in [2.45, 2.75) is 20.3 Å². The summed E-state index contributed by atoms with van der Waals surface area (Å²) < 4.78 is 0. The van der Waals surface area contributed by atoms with E-state index in [4.69, 9.17) is 5.11 Å². The Morgan fingerprint density at radius 1 is 1.33 bits per heavy atom. The largest absolute Gasteiger partial charge is 0.481 e. The van der Waals surface area contributed by atoms with E-state index in [0.717, 1.165) is 23.7 Å². The van der Waals surface area contributed by atoms with Gasteiger partial charge in [0.25, 0.3) is 0 Å². The van der Waals surface area contributed by atoms with Crippen LogP contribution in [-0.4, -0.2) is 35.7 Å². The third-order valence-corrected chi connectivity index (χ3v) is 3.64. The van der Waals surface area contributed by atoms with Gasteiger partial charge >= 0.3 is 5.97 Å². The number of thioether (sulfide) groups is 1. The Hall–Kier alpha value is -1.16. The van der Waals surface area contributed by atoms with E-state index in [0.29, 0.717) is 6.54 Å². The van der Waals surface area contributed by atoms with Crippen molar-refractivity contribution < 1.29 is 9.90 Å². The third-order valence-electron chi connectivity index (χ3n) is 2.76. The highest BCUT2D eigenvalue weighted by molar-refractivity contribution is 7.99. The van der Waals surface area contributed by atoms with Crippen molar-refractivity contribution in [3.8, 4) is 0 Å². The van der Waals surface area contributed by atoms with E-state index >= 15 is 0 Å². The Bertz CT molecular complexity index is 382. The lowest BCUT2D eigenvalue weighted by Gasteiger charge is -2.25. The van der Waals surface area contributed by atoms with Gasteiger partial charge in [-0.25, -0.2) is 0 Å². The lowest BCUT2D eigenvalue weighted by atomic mass is 10.1. The fourth-order valence-corrected chi connectivity index (χ4v) is 2.46. The molecule has 1 rings (SSSR count). The Morgan fingerprint density at radius 3 is 2.67 bits per heavy atom. The molecule has 0 aliphatic rings. The normalized spacial score (nSPS) is 10.3. The van der Waals surface area contributed by atoms with Crippen LogP contribution >= 0.6 is 11.8 Å². The second-order valence-electron chi connectivity index (χ2n) is 4.11. The molecule has 100 valence electrons. The molecular formula is C14H21NO2S. The van der Waals surface area contributed by atoms with Crippen LogP contribution in [0.25, 0.3) is 0 Å². The van der Waals surface area contributed by atoms with Crippen molar-refractivity contribution in [1.29, 1.82) is 0 Å². The number of para-hydroxylation sites is 1. The molecule has 0 bridgehead atoms. The minimum atomic E-state index is -0.739. The average molecular weight is 267 g/mol. The van der Waals surface area contributed by atoms with E-state index in [9.17, 15) is 4.79 Å². The third kappa shape index (κ3) is 5.00. The summed E-state index contributed by atoms with van der Waals surface area (Å²) in [6.07, 6.45) is 0.186. The van der Waals surface area contributed by atoms with Gasteiger partial charge in [-0.3, -0.25) is 4.79 Å². The smallest absolute Gasteiger partial charge is 0.305 e. The van der Waals surface area contributed by atoms with Crippen molar-refractivity contribution in [2.75, 3.05) is 29.5 Å². The Morgan fingerprint density at radius 2 is 2.06 bits per heavy atom. The Labute approximate surface area is 113 Å². The number of hydrogen-bond acceptors (Lipinski definition) is 3. The molecule has 0 unspecified atom stereocenters. The minimum Gasteiger partial charge on any atom is -0.481 e. The monoisotopic (exact) mass is 267 g/mol. The molecule has 0 aliphatic heterocycles. The van der Waals surface area contributed by atoms with E-state index in [1.54, 1.807) is 0 Å². The number of rotatable bonds is 8. The van der Waals surface area contributed by atoms with Crippen LogP contribution in [0.5, 0.6) is 0 Å². The molecule has 0 saturated carbocycles. The summed E-state index contributed by atoms with van der Waals surface area (Å²) in [6, 6.07) is 8.14. The number of hydrogen-bond donors (Lipinski definition) is 1. The molecule has 3 nitrogen and oxygen atoms in total. The van der Waals surface area contributed by atoms with Gasteiger partial charge in [-0.2, -0.15) is 11.8 Å². The van der Waals surface area contributed by atoms with E-state index in [1.165, 1.54) is 5.56 Å². The number of carboxylic acids is 1. The molecule has 1 N–H and O–H groups in total. The predicted molar refractivity (Wildman–Crippen MR) is 78.6 cm³/mol. The van der Waals surface area contributed by atoms with Gasteiger partial charge in [0.2, 0.25) is 0 Å². The van der Waals surface area contributed by atoms with Crippen LogP contribution < -0.4 is 4.90 Å². The summed E-state index contributed by atoms with van der Waals surface area (Å²) in [4.78, 5) is 12.9. The standard InChI is InChI=1S/C14H21NO2S/c1-3-18-11-10-15(9-8-14(16)17)13-7-5-4-6-12(13)2/h4-7H,3,8-11H2,1-2H3,(H,16,17). The van der Waals surface area contributed by atoms with Gasteiger partial charge in [-0.15, -0.1) is 0 Å². The van der Waals surface area contributed by atoms with Crippen LogP contribution in [0.3, 0.4) is 0 Å². The summed E-state index contributed by atoms with van der Waals surface area (Å²) in [5, 5.41) is 8.82. The molecule has 0 atom stereocenters. The van der Waals surface area contributed by atoms with Crippen molar-refractivity contribution in [3.63, 3.8) is 0 Å². The van der Waals surface area contributed by atoms with Gasteiger partial charge in [0.15, 0.2) is 0 Å². The van der Waals surface area contributed by atoms with Crippen LogP contribution in [0.1, 0.15) is 18.9 Å². The lowest BCUT2D eigenvalue weighted by molar-refractivity contribution is -0.136. The number of benzene rings is 1. The molecule has 0 heterocycles. The number of carboxylic acid groups (broad SMARTS) is 1. The fraction of sp³-hybridized carbons (Fsp3) is 0.500. The van der Waals surface area contributed by atoms with Gasteiger partial charge in [0.1, 0.15) is 0 Å². The SMILES string of the molecule is CCSCCN(CCC(=O)O)c1ccccc1C. The zero-order valence-electron chi connectivity index (χ0n) is 11.1. The topological polar surface area (TPSA) is 40.5 Å². The highest BCUT2D eigenvalue weighted by atomic mass is 32.2. The van der Waals surface area contributed by atoms with Crippen LogP contribution in [-0.2, 0) is 4.79 Å². The molecular weight excluding hydrogens is 246 g/mol. The summed E-state index contributed by atoms with van der Waals surface area (Å²) in [6.45, 7) is 5.68. The molecule has 18 heavy (non-hydrogen) atoms.